The zero-order valence-electron chi connectivity index (χ0n) is 16.7. The largest absolute Gasteiger partial charge is 0.397 e. The Hall–Kier alpha value is -2.90. The normalized spacial score (nSPS) is 17.5. The number of nitrogens with zero attached hydrogens (tertiary/aromatic N) is 2. The topological polar surface area (TPSA) is 83.3 Å². The number of aromatic nitrogens is 1. The molecule has 0 atom stereocenters. The number of nitrogens with one attached hydrogen (secondary N) is 2. The van der Waals surface area contributed by atoms with Gasteiger partial charge < -0.3 is 21.3 Å². The monoisotopic (exact) mass is 419 g/mol. The van der Waals surface area contributed by atoms with Gasteiger partial charge in [0.25, 0.3) is 5.91 Å². The molecule has 0 unspecified atom stereocenters. The molecule has 154 valence electrons. The summed E-state index contributed by atoms with van der Waals surface area (Å²) in [6.45, 7) is 4.33. The first-order valence-electron chi connectivity index (χ1n) is 10.3. The molecule has 2 aliphatic rings. The van der Waals surface area contributed by atoms with Crippen LogP contribution in [0.4, 0.5) is 17.2 Å². The maximum Gasteiger partial charge on any atom is 0.257 e. The Morgan fingerprint density at radius 3 is 2.60 bits per heavy atom. The molecule has 0 radical (unpaired) electrons. The summed E-state index contributed by atoms with van der Waals surface area (Å²) in [5, 5.41) is 10.4. The molecule has 1 aromatic carbocycles. The van der Waals surface area contributed by atoms with Crippen molar-refractivity contribution in [2.24, 2.45) is 5.41 Å². The van der Waals surface area contributed by atoms with E-state index in [0.717, 1.165) is 43.1 Å². The van der Waals surface area contributed by atoms with Crippen molar-refractivity contribution in [3.05, 3.63) is 58.9 Å². The molecule has 7 heteroatoms. The van der Waals surface area contributed by atoms with Crippen LogP contribution in [-0.2, 0) is 0 Å². The molecule has 1 spiro atoms. The van der Waals surface area contributed by atoms with E-state index in [1.807, 2.05) is 41.8 Å². The van der Waals surface area contributed by atoms with Crippen molar-refractivity contribution in [3.63, 3.8) is 0 Å². The Balaban J connectivity index is 1.26. The van der Waals surface area contributed by atoms with Gasteiger partial charge in [0.15, 0.2) is 0 Å². The van der Waals surface area contributed by atoms with Gasteiger partial charge >= 0.3 is 0 Å². The van der Waals surface area contributed by atoms with Gasteiger partial charge in [0.2, 0.25) is 0 Å². The number of hydrogen-bond acceptors (Lipinski definition) is 6. The van der Waals surface area contributed by atoms with E-state index in [4.69, 9.17) is 5.73 Å². The highest BCUT2D eigenvalue weighted by Gasteiger charge is 2.39. The van der Waals surface area contributed by atoms with Gasteiger partial charge in [-0.25, -0.2) is 4.98 Å². The van der Waals surface area contributed by atoms with Crippen molar-refractivity contribution in [3.8, 4) is 11.1 Å². The summed E-state index contributed by atoms with van der Waals surface area (Å²) in [6.07, 6.45) is 4.05. The first-order valence-corrected chi connectivity index (χ1v) is 11.2. The van der Waals surface area contributed by atoms with E-state index >= 15 is 0 Å². The zero-order chi connectivity index (χ0) is 20.6. The third kappa shape index (κ3) is 3.66. The third-order valence-corrected chi connectivity index (χ3v) is 7.00. The Morgan fingerprint density at radius 2 is 1.97 bits per heavy atom. The van der Waals surface area contributed by atoms with Crippen molar-refractivity contribution in [2.45, 2.75) is 12.8 Å². The number of amides is 1. The fourth-order valence-electron chi connectivity index (χ4n) is 4.22. The quantitative estimate of drug-likeness (QED) is 0.560. The Morgan fingerprint density at radius 1 is 1.13 bits per heavy atom. The van der Waals surface area contributed by atoms with E-state index in [9.17, 15) is 4.79 Å². The number of rotatable bonds is 4. The molecular weight excluding hydrogens is 394 g/mol. The summed E-state index contributed by atoms with van der Waals surface area (Å²) in [6, 6.07) is 11.5. The standard InChI is InChI=1S/C23H25N5OS/c24-19-3-1-16(18-5-10-30-13-18)11-20(19)27-22(29)17-2-4-21(26-12-17)28-8-6-23(7-9-28)14-25-15-23/h1-5,10-13,25H,6-9,14-15,24H2,(H,27,29). The fourth-order valence-corrected chi connectivity index (χ4v) is 4.88. The molecule has 2 aliphatic heterocycles. The van der Waals surface area contributed by atoms with E-state index < -0.39 is 0 Å². The minimum absolute atomic E-state index is 0.207. The molecular formula is C23H25N5OS. The van der Waals surface area contributed by atoms with Crippen LogP contribution >= 0.6 is 11.3 Å². The number of pyridine rings is 1. The van der Waals surface area contributed by atoms with E-state index in [1.54, 1.807) is 17.5 Å². The van der Waals surface area contributed by atoms with Crippen LogP contribution in [0.1, 0.15) is 23.2 Å². The predicted octanol–water partition coefficient (Wildman–Crippen LogP) is 3.83. The lowest BCUT2D eigenvalue weighted by Gasteiger charge is -2.48. The van der Waals surface area contributed by atoms with Crippen LogP contribution in [0.2, 0.25) is 0 Å². The molecule has 5 rings (SSSR count). The number of anilines is 3. The highest BCUT2D eigenvalue weighted by atomic mass is 32.1. The van der Waals surface area contributed by atoms with E-state index in [1.165, 1.54) is 12.8 Å². The summed E-state index contributed by atoms with van der Waals surface area (Å²) in [7, 11) is 0. The lowest BCUT2D eigenvalue weighted by atomic mass is 9.73. The first kappa shape index (κ1) is 19.1. The maximum absolute atomic E-state index is 12.8. The number of piperidine rings is 1. The number of carbonyl (C=O) groups excluding carboxylic acids is 1. The second-order valence-corrected chi connectivity index (χ2v) is 9.04. The molecule has 0 saturated carbocycles. The van der Waals surface area contributed by atoms with Crippen molar-refractivity contribution in [2.75, 3.05) is 42.1 Å². The van der Waals surface area contributed by atoms with Crippen LogP contribution in [0, 0.1) is 5.41 Å². The maximum atomic E-state index is 12.8. The molecule has 3 aromatic rings. The van der Waals surface area contributed by atoms with Crippen molar-refractivity contribution >= 4 is 34.4 Å². The van der Waals surface area contributed by atoms with Crippen LogP contribution < -0.4 is 21.3 Å². The Labute approximate surface area is 180 Å². The van der Waals surface area contributed by atoms with Crippen molar-refractivity contribution in [1.82, 2.24) is 10.3 Å². The van der Waals surface area contributed by atoms with Crippen LogP contribution in [-0.4, -0.2) is 37.1 Å². The lowest BCUT2D eigenvalue weighted by molar-refractivity contribution is 0.102. The number of nitrogens with two attached hydrogens (primary N) is 1. The molecule has 0 aliphatic carbocycles. The average Bonchev–Trinajstić information content (AvgIpc) is 3.29. The zero-order valence-corrected chi connectivity index (χ0v) is 17.5. The Bertz CT molecular complexity index is 1030. The molecule has 1 amide bonds. The summed E-state index contributed by atoms with van der Waals surface area (Å²) in [5.74, 6) is 0.731. The molecule has 2 saturated heterocycles. The third-order valence-electron chi connectivity index (χ3n) is 6.31. The highest BCUT2D eigenvalue weighted by Crippen LogP contribution is 2.36. The number of benzene rings is 1. The van der Waals surface area contributed by atoms with Gasteiger partial charge in [-0.05, 0) is 70.5 Å². The van der Waals surface area contributed by atoms with Crippen molar-refractivity contribution < 1.29 is 4.79 Å². The predicted molar refractivity (Wildman–Crippen MR) is 123 cm³/mol. The minimum atomic E-state index is -0.207. The molecule has 4 heterocycles. The molecule has 6 nitrogen and oxygen atoms in total. The van der Waals surface area contributed by atoms with Crippen molar-refractivity contribution in [1.29, 1.82) is 0 Å². The SMILES string of the molecule is Nc1ccc(-c2ccsc2)cc1NC(=O)c1ccc(N2CCC3(CC2)CNC3)nc1. The summed E-state index contributed by atoms with van der Waals surface area (Å²) >= 11 is 1.64. The molecule has 0 bridgehead atoms. The van der Waals surface area contributed by atoms with Crippen LogP contribution in [0.25, 0.3) is 11.1 Å². The molecule has 30 heavy (non-hydrogen) atoms. The smallest absolute Gasteiger partial charge is 0.257 e. The van der Waals surface area contributed by atoms with Gasteiger partial charge in [-0.2, -0.15) is 11.3 Å². The average molecular weight is 420 g/mol. The molecule has 4 N–H and O–H groups in total. The first-order chi connectivity index (χ1) is 14.6. The number of thiophene rings is 1. The summed E-state index contributed by atoms with van der Waals surface area (Å²) in [5.41, 5.74) is 10.4. The van der Waals surface area contributed by atoms with Gasteiger partial charge in [-0.3, -0.25) is 4.79 Å². The molecule has 2 fully saturated rings. The number of carbonyl (C=O) groups is 1. The second-order valence-electron chi connectivity index (χ2n) is 8.26. The fraction of sp³-hybridized carbons (Fsp3) is 0.304. The lowest BCUT2D eigenvalue weighted by Crippen LogP contribution is -2.58. The van der Waals surface area contributed by atoms with Gasteiger partial charge in [0.05, 0.1) is 16.9 Å². The summed E-state index contributed by atoms with van der Waals surface area (Å²) in [4.78, 5) is 19.6. The number of hydrogen-bond donors (Lipinski definition) is 3. The van der Waals surface area contributed by atoms with Gasteiger partial charge in [-0.15, -0.1) is 0 Å². The van der Waals surface area contributed by atoms with Gasteiger partial charge in [-0.1, -0.05) is 6.07 Å². The second kappa shape index (κ2) is 7.74. The van der Waals surface area contributed by atoms with E-state index in [2.05, 4.69) is 25.9 Å². The van der Waals surface area contributed by atoms with Gasteiger partial charge in [0.1, 0.15) is 5.82 Å². The highest BCUT2D eigenvalue weighted by molar-refractivity contribution is 7.08. The Kier molecular flexibility index (Phi) is 4.92. The minimum Gasteiger partial charge on any atom is -0.397 e. The number of nitrogen functional groups attached to an aromatic ring is 1. The van der Waals surface area contributed by atoms with Crippen LogP contribution in [0.15, 0.2) is 53.4 Å². The van der Waals surface area contributed by atoms with E-state index in [0.29, 0.717) is 22.4 Å². The van der Waals surface area contributed by atoms with Crippen LogP contribution in [0.3, 0.4) is 0 Å². The van der Waals surface area contributed by atoms with Crippen LogP contribution in [0.5, 0.6) is 0 Å². The molecule has 2 aromatic heterocycles. The van der Waals surface area contributed by atoms with Gasteiger partial charge in [0, 0.05) is 32.4 Å². The summed E-state index contributed by atoms with van der Waals surface area (Å²) < 4.78 is 0. The van der Waals surface area contributed by atoms with E-state index in [-0.39, 0.29) is 5.91 Å².